The molecule has 1 aromatic rings. The number of phenols is 2. The van der Waals surface area contributed by atoms with E-state index in [1.807, 2.05) is 6.07 Å². The number of hydrogen-bond donors (Lipinski definition) is 2. The molecule has 0 spiro atoms. The highest BCUT2D eigenvalue weighted by atomic mass is 16.3. The van der Waals surface area contributed by atoms with Crippen LogP contribution in [0.25, 0.3) is 0 Å². The molecule has 102 valence electrons. The molecule has 0 heterocycles. The molecular formula is C16H26O2. The average molecular weight is 250 g/mol. The molecule has 0 amide bonds. The molecule has 0 unspecified atom stereocenters. The molecule has 2 heteroatoms. The maximum Gasteiger partial charge on any atom is 0.160 e. The summed E-state index contributed by atoms with van der Waals surface area (Å²) in [6.45, 7) is 12.9. The zero-order valence-corrected chi connectivity index (χ0v) is 12.5. The Hall–Kier alpha value is -1.18. The maximum atomic E-state index is 9.93. The van der Waals surface area contributed by atoms with Crippen LogP contribution < -0.4 is 0 Å². The van der Waals surface area contributed by atoms with Gasteiger partial charge in [-0.1, -0.05) is 47.6 Å². The summed E-state index contributed by atoms with van der Waals surface area (Å²) in [6.07, 6.45) is 1.64. The fourth-order valence-corrected chi connectivity index (χ4v) is 2.16. The molecule has 0 aliphatic heterocycles. The molecule has 0 atom stereocenters. The van der Waals surface area contributed by atoms with Gasteiger partial charge in [0.05, 0.1) is 0 Å². The normalized spacial score (nSPS) is 12.8. The molecule has 0 radical (unpaired) electrons. The summed E-state index contributed by atoms with van der Waals surface area (Å²) in [7, 11) is 0. The summed E-state index contributed by atoms with van der Waals surface area (Å²) in [5.74, 6) is 0.0265. The Balaban J connectivity index is 3.11. The minimum atomic E-state index is -0.00370. The lowest BCUT2D eigenvalue weighted by Gasteiger charge is -2.22. The summed E-state index contributed by atoms with van der Waals surface area (Å²) in [5.41, 5.74) is 2.17. The van der Waals surface area contributed by atoms with Gasteiger partial charge in [-0.15, -0.1) is 0 Å². The molecule has 18 heavy (non-hydrogen) atoms. The lowest BCUT2D eigenvalue weighted by molar-refractivity contribution is 0.371. The van der Waals surface area contributed by atoms with Crippen LogP contribution >= 0.6 is 0 Å². The lowest BCUT2D eigenvalue weighted by Crippen LogP contribution is -2.12. The first-order valence-electron chi connectivity index (χ1n) is 6.52. The van der Waals surface area contributed by atoms with Crippen LogP contribution in [0.5, 0.6) is 11.5 Å². The number of aromatic hydroxyl groups is 2. The van der Waals surface area contributed by atoms with E-state index < -0.39 is 0 Å². The number of benzene rings is 1. The minimum Gasteiger partial charge on any atom is -0.504 e. The molecule has 1 rings (SSSR count). The molecule has 2 nitrogen and oxygen atoms in total. The first kappa shape index (κ1) is 14.9. The Labute approximate surface area is 111 Å². The molecule has 0 aliphatic rings. The second-order valence-electron chi connectivity index (χ2n) is 7.60. The van der Waals surface area contributed by atoms with E-state index >= 15 is 0 Å². The van der Waals surface area contributed by atoms with Crippen molar-refractivity contribution in [3.05, 3.63) is 23.3 Å². The van der Waals surface area contributed by atoms with Gasteiger partial charge in [0.2, 0.25) is 0 Å². The number of phenolic OH excluding ortho intramolecular Hbond substituents is 2. The van der Waals surface area contributed by atoms with Crippen molar-refractivity contribution in [3.63, 3.8) is 0 Å². The van der Waals surface area contributed by atoms with Crippen molar-refractivity contribution in [2.45, 2.75) is 54.4 Å². The fraction of sp³-hybridized carbons (Fsp3) is 0.625. The van der Waals surface area contributed by atoms with Crippen molar-refractivity contribution in [2.75, 3.05) is 0 Å². The van der Waals surface area contributed by atoms with Crippen LogP contribution in [0, 0.1) is 10.8 Å². The second-order valence-corrected chi connectivity index (χ2v) is 7.60. The van der Waals surface area contributed by atoms with Gasteiger partial charge >= 0.3 is 0 Å². The lowest BCUT2D eigenvalue weighted by atomic mass is 9.84. The third-order valence-electron chi connectivity index (χ3n) is 2.68. The van der Waals surface area contributed by atoms with E-state index in [0.717, 1.165) is 24.0 Å². The maximum absolute atomic E-state index is 9.93. The first-order chi connectivity index (χ1) is 7.98. The first-order valence-corrected chi connectivity index (χ1v) is 6.52. The molecule has 0 fully saturated rings. The van der Waals surface area contributed by atoms with E-state index in [2.05, 4.69) is 41.5 Å². The van der Waals surface area contributed by atoms with Gasteiger partial charge in [0.15, 0.2) is 11.5 Å². The van der Waals surface area contributed by atoms with E-state index in [1.165, 1.54) is 0 Å². The smallest absolute Gasteiger partial charge is 0.160 e. The molecular weight excluding hydrogens is 224 g/mol. The Morgan fingerprint density at radius 3 is 1.78 bits per heavy atom. The topological polar surface area (TPSA) is 40.5 Å². The molecule has 0 aliphatic carbocycles. The molecule has 0 bridgehead atoms. The molecule has 0 saturated carbocycles. The highest BCUT2D eigenvalue weighted by molar-refractivity contribution is 5.48. The van der Waals surface area contributed by atoms with Crippen LogP contribution in [-0.4, -0.2) is 10.2 Å². The third kappa shape index (κ3) is 4.59. The minimum absolute atomic E-state index is 0.00370. The van der Waals surface area contributed by atoms with Gasteiger partial charge in [0.1, 0.15) is 0 Å². The molecule has 2 N–H and O–H groups in total. The van der Waals surface area contributed by atoms with Crippen molar-refractivity contribution in [3.8, 4) is 11.5 Å². The largest absolute Gasteiger partial charge is 0.504 e. The van der Waals surface area contributed by atoms with Gasteiger partial charge in [0.25, 0.3) is 0 Å². The van der Waals surface area contributed by atoms with Gasteiger partial charge in [-0.05, 0) is 40.9 Å². The summed E-state index contributed by atoms with van der Waals surface area (Å²) in [5, 5.41) is 19.8. The monoisotopic (exact) mass is 250 g/mol. The quantitative estimate of drug-likeness (QED) is 0.769. The predicted octanol–water partition coefficient (Wildman–Crippen LogP) is 4.28. The Bertz CT molecular complexity index is 420. The van der Waals surface area contributed by atoms with Crippen LogP contribution in [0.2, 0.25) is 0 Å². The van der Waals surface area contributed by atoms with Gasteiger partial charge in [-0.25, -0.2) is 0 Å². The highest BCUT2D eigenvalue weighted by Crippen LogP contribution is 2.36. The van der Waals surface area contributed by atoms with Crippen molar-refractivity contribution in [1.29, 1.82) is 0 Å². The van der Waals surface area contributed by atoms with E-state index in [9.17, 15) is 10.2 Å². The van der Waals surface area contributed by atoms with Crippen molar-refractivity contribution < 1.29 is 10.2 Å². The van der Waals surface area contributed by atoms with Gasteiger partial charge in [-0.2, -0.15) is 0 Å². The van der Waals surface area contributed by atoms with E-state index in [-0.39, 0.29) is 22.3 Å². The summed E-state index contributed by atoms with van der Waals surface area (Å²) in [4.78, 5) is 0. The summed E-state index contributed by atoms with van der Waals surface area (Å²) >= 11 is 0. The highest BCUT2D eigenvalue weighted by Gasteiger charge is 2.19. The molecule has 0 saturated heterocycles. The third-order valence-corrected chi connectivity index (χ3v) is 2.68. The van der Waals surface area contributed by atoms with Gasteiger partial charge in [0, 0.05) is 0 Å². The Morgan fingerprint density at radius 1 is 0.833 bits per heavy atom. The zero-order valence-electron chi connectivity index (χ0n) is 12.5. The van der Waals surface area contributed by atoms with Gasteiger partial charge in [-0.3, -0.25) is 0 Å². The van der Waals surface area contributed by atoms with Crippen molar-refractivity contribution in [1.82, 2.24) is 0 Å². The summed E-state index contributed by atoms with van der Waals surface area (Å²) < 4.78 is 0. The molecule has 0 aromatic heterocycles. The second kappa shape index (κ2) is 4.83. The van der Waals surface area contributed by atoms with E-state index in [4.69, 9.17) is 0 Å². The fourth-order valence-electron chi connectivity index (χ4n) is 2.16. The van der Waals surface area contributed by atoms with Crippen LogP contribution in [0.4, 0.5) is 0 Å². The SMILES string of the molecule is CC(C)(C)Cc1cc(O)c(O)c(CC(C)(C)C)c1. The average Bonchev–Trinajstić information content (AvgIpc) is 2.08. The standard InChI is InChI=1S/C16H26O2/c1-15(2,3)9-11-7-12(10-16(4,5)6)14(18)13(17)8-11/h7-8,17-18H,9-10H2,1-6H3. The Kier molecular flexibility index (Phi) is 3.99. The van der Waals surface area contributed by atoms with Crippen molar-refractivity contribution in [2.24, 2.45) is 10.8 Å². The number of hydrogen-bond acceptors (Lipinski definition) is 2. The molecule has 1 aromatic carbocycles. The zero-order chi connectivity index (χ0) is 14.1. The predicted molar refractivity (Wildman–Crippen MR) is 76.1 cm³/mol. The Morgan fingerprint density at radius 2 is 1.33 bits per heavy atom. The van der Waals surface area contributed by atoms with E-state index in [0.29, 0.717) is 0 Å². The number of rotatable bonds is 2. The summed E-state index contributed by atoms with van der Waals surface area (Å²) in [6, 6.07) is 3.69. The van der Waals surface area contributed by atoms with Crippen LogP contribution in [-0.2, 0) is 12.8 Å². The van der Waals surface area contributed by atoms with Crippen LogP contribution in [0.1, 0.15) is 52.7 Å². The van der Waals surface area contributed by atoms with E-state index in [1.54, 1.807) is 6.07 Å². The van der Waals surface area contributed by atoms with Gasteiger partial charge < -0.3 is 10.2 Å². The van der Waals surface area contributed by atoms with Crippen LogP contribution in [0.3, 0.4) is 0 Å². The van der Waals surface area contributed by atoms with Crippen molar-refractivity contribution >= 4 is 0 Å². The van der Waals surface area contributed by atoms with Crippen LogP contribution in [0.15, 0.2) is 12.1 Å².